The molecule has 0 rings (SSSR count). The van der Waals surface area contributed by atoms with E-state index in [1.807, 2.05) is 0 Å². The smallest absolute Gasteiger partial charge is 0.154 e. The van der Waals surface area contributed by atoms with Gasteiger partial charge in [-0.2, -0.15) is 0 Å². The largest absolute Gasteiger partial charge is 0.356 e. The van der Waals surface area contributed by atoms with Crippen LogP contribution in [0.2, 0.25) is 0 Å². The lowest BCUT2D eigenvalue weighted by molar-refractivity contribution is -0.132. The average molecular weight is 155 g/mol. The van der Waals surface area contributed by atoms with Crippen molar-refractivity contribution in [3.63, 3.8) is 0 Å². The Morgan fingerprint density at radius 1 is 1.67 bits per heavy atom. The lowest BCUT2D eigenvalue weighted by Crippen LogP contribution is -2.11. The SMILES string of the molecule is COC(C)OCC=O.Cl. The molecule has 0 saturated heterocycles. The summed E-state index contributed by atoms with van der Waals surface area (Å²) in [5.41, 5.74) is 0. The van der Waals surface area contributed by atoms with Gasteiger partial charge in [-0.15, -0.1) is 12.4 Å². The van der Waals surface area contributed by atoms with Crippen LogP contribution in [0.15, 0.2) is 0 Å². The molecule has 0 spiro atoms. The number of hydrogen-bond acceptors (Lipinski definition) is 3. The van der Waals surface area contributed by atoms with Crippen LogP contribution in [0.1, 0.15) is 6.92 Å². The Morgan fingerprint density at radius 3 is 2.56 bits per heavy atom. The lowest BCUT2D eigenvalue weighted by Gasteiger charge is -2.06. The summed E-state index contributed by atoms with van der Waals surface area (Å²) in [7, 11) is 1.52. The van der Waals surface area contributed by atoms with Crippen molar-refractivity contribution < 1.29 is 14.3 Å². The molecule has 1 atom stereocenters. The van der Waals surface area contributed by atoms with Gasteiger partial charge in [0.1, 0.15) is 12.9 Å². The van der Waals surface area contributed by atoms with Gasteiger partial charge < -0.3 is 14.3 Å². The molecule has 4 heteroatoms. The van der Waals surface area contributed by atoms with Gasteiger partial charge in [0.15, 0.2) is 6.29 Å². The molecule has 0 aliphatic rings. The third-order valence-corrected chi connectivity index (χ3v) is 0.731. The molecule has 3 nitrogen and oxygen atoms in total. The van der Waals surface area contributed by atoms with Gasteiger partial charge in [0.05, 0.1) is 0 Å². The first kappa shape index (κ1) is 11.6. The molecular weight excluding hydrogens is 144 g/mol. The molecule has 0 aliphatic heterocycles. The first-order chi connectivity index (χ1) is 3.81. The van der Waals surface area contributed by atoms with Crippen LogP contribution in [0.3, 0.4) is 0 Å². The van der Waals surface area contributed by atoms with Crippen LogP contribution >= 0.6 is 12.4 Å². The van der Waals surface area contributed by atoms with Gasteiger partial charge in [-0.05, 0) is 6.92 Å². The molecule has 1 unspecified atom stereocenters. The summed E-state index contributed by atoms with van der Waals surface area (Å²) in [6.45, 7) is 1.83. The summed E-state index contributed by atoms with van der Waals surface area (Å²) in [5, 5.41) is 0. The Bertz CT molecular complexity index is 67.2. The highest BCUT2D eigenvalue weighted by atomic mass is 35.5. The van der Waals surface area contributed by atoms with Gasteiger partial charge in [0.2, 0.25) is 0 Å². The van der Waals surface area contributed by atoms with Crippen molar-refractivity contribution in [2.45, 2.75) is 13.2 Å². The molecule has 9 heavy (non-hydrogen) atoms. The fourth-order valence-electron chi connectivity index (χ4n) is 0.243. The molecule has 0 fully saturated rings. The van der Waals surface area contributed by atoms with Crippen LogP contribution < -0.4 is 0 Å². The van der Waals surface area contributed by atoms with Gasteiger partial charge in [-0.1, -0.05) is 0 Å². The fourth-order valence-corrected chi connectivity index (χ4v) is 0.243. The van der Waals surface area contributed by atoms with Crippen LogP contribution in [-0.2, 0) is 14.3 Å². The Hall–Kier alpha value is -0.120. The number of ether oxygens (including phenoxy) is 2. The molecular formula is C5H11ClO3. The van der Waals surface area contributed by atoms with E-state index in [2.05, 4.69) is 4.74 Å². The van der Waals surface area contributed by atoms with Crippen molar-refractivity contribution in [1.29, 1.82) is 0 Å². The summed E-state index contributed by atoms with van der Waals surface area (Å²) >= 11 is 0. The van der Waals surface area contributed by atoms with E-state index in [1.54, 1.807) is 6.92 Å². The molecule has 0 aromatic carbocycles. The van der Waals surface area contributed by atoms with E-state index in [1.165, 1.54) is 7.11 Å². The molecule has 0 aliphatic carbocycles. The normalized spacial score (nSPS) is 11.8. The third-order valence-electron chi connectivity index (χ3n) is 0.731. The highest BCUT2D eigenvalue weighted by molar-refractivity contribution is 5.85. The summed E-state index contributed by atoms with van der Waals surface area (Å²) < 4.78 is 9.42. The topological polar surface area (TPSA) is 35.5 Å². The van der Waals surface area contributed by atoms with E-state index >= 15 is 0 Å². The van der Waals surface area contributed by atoms with Crippen LogP contribution in [0, 0.1) is 0 Å². The molecule has 56 valence electrons. The predicted molar refractivity (Wildman–Crippen MR) is 35.7 cm³/mol. The van der Waals surface area contributed by atoms with Gasteiger partial charge in [-0.3, -0.25) is 0 Å². The van der Waals surface area contributed by atoms with Crippen LogP contribution in [0.4, 0.5) is 0 Å². The molecule has 0 heterocycles. The lowest BCUT2D eigenvalue weighted by atomic mass is 10.7. The summed E-state index contributed by atoms with van der Waals surface area (Å²) in [4.78, 5) is 9.64. The second kappa shape index (κ2) is 7.88. The van der Waals surface area contributed by atoms with Crippen molar-refractivity contribution in [3.05, 3.63) is 0 Å². The second-order valence-electron chi connectivity index (χ2n) is 1.30. The van der Waals surface area contributed by atoms with Crippen molar-refractivity contribution >= 4 is 18.7 Å². The highest BCUT2D eigenvalue weighted by Crippen LogP contribution is 1.86. The Kier molecular flexibility index (Phi) is 10.2. The number of halogens is 1. The quantitative estimate of drug-likeness (QED) is 0.440. The Balaban J connectivity index is 0. The first-order valence-corrected chi connectivity index (χ1v) is 2.39. The zero-order valence-corrected chi connectivity index (χ0v) is 6.31. The summed E-state index contributed by atoms with van der Waals surface area (Å²) in [6.07, 6.45) is 0.412. The fraction of sp³-hybridized carbons (Fsp3) is 0.800. The average Bonchev–Trinajstić information content (AvgIpc) is 1.83. The van der Waals surface area contributed by atoms with Gasteiger partial charge in [0, 0.05) is 7.11 Å². The van der Waals surface area contributed by atoms with Crippen LogP contribution in [0.25, 0.3) is 0 Å². The molecule has 0 aromatic heterocycles. The van der Waals surface area contributed by atoms with Crippen molar-refractivity contribution in [1.82, 2.24) is 0 Å². The van der Waals surface area contributed by atoms with E-state index in [0.29, 0.717) is 6.29 Å². The van der Waals surface area contributed by atoms with Crippen molar-refractivity contribution in [3.8, 4) is 0 Å². The maximum atomic E-state index is 9.64. The molecule has 0 saturated carbocycles. The zero-order valence-electron chi connectivity index (χ0n) is 5.49. The van der Waals surface area contributed by atoms with E-state index in [9.17, 15) is 4.79 Å². The highest BCUT2D eigenvalue weighted by Gasteiger charge is 1.94. The van der Waals surface area contributed by atoms with E-state index < -0.39 is 0 Å². The number of aldehydes is 1. The molecule has 0 bridgehead atoms. The Labute approximate surface area is 60.7 Å². The van der Waals surface area contributed by atoms with E-state index in [4.69, 9.17) is 4.74 Å². The molecule has 0 radical (unpaired) electrons. The minimum Gasteiger partial charge on any atom is -0.356 e. The van der Waals surface area contributed by atoms with Crippen LogP contribution in [-0.4, -0.2) is 26.3 Å². The maximum absolute atomic E-state index is 9.64. The standard InChI is InChI=1S/C5H10O3.ClH/c1-5(7-2)8-4-3-6;/h3,5H,4H2,1-2H3;1H. The molecule has 0 aromatic rings. The minimum absolute atomic E-state index is 0. The predicted octanol–water partition coefficient (Wildman–Crippen LogP) is 0.616. The number of carbonyl (C=O) groups excluding carboxylic acids is 1. The Morgan fingerprint density at radius 2 is 2.22 bits per heavy atom. The van der Waals surface area contributed by atoms with Crippen molar-refractivity contribution in [2.24, 2.45) is 0 Å². The number of hydrogen-bond donors (Lipinski definition) is 0. The zero-order chi connectivity index (χ0) is 6.41. The monoisotopic (exact) mass is 154 g/mol. The third kappa shape index (κ3) is 7.88. The summed E-state index contributed by atoms with van der Waals surface area (Å²) in [6, 6.07) is 0. The molecule has 0 amide bonds. The number of rotatable bonds is 4. The maximum Gasteiger partial charge on any atom is 0.154 e. The van der Waals surface area contributed by atoms with Gasteiger partial charge >= 0.3 is 0 Å². The number of methoxy groups -OCH3 is 1. The minimum atomic E-state index is -0.278. The van der Waals surface area contributed by atoms with Crippen LogP contribution in [0.5, 0.6) is 0 Å². The van der Waals surface area contributed by atoms with Crippen molar-refractivity contribution in [2.75, 3.05) is 13.7 Å². The van der Waals surface area contributed by atoms with Gasteiger partial charge in [0.25, 0.3) is 0 Å². The summed E-state index contributed by atoms with van der Waals surface area (Å²) in [5.74, 6) is 0. The molecule has 0 N–H and O–H groups in total. The first-order valence-electron chi connectivity index (χ1n) is 2.39. The van der Waals surface area contributed by atoms with E-state index in [0.717, 1.165) is 0 Å². The van der Waals surface area contributed by atoms with Gasteiger partial charge in [-0.25, -0.2) is 0 Å². The van der Waals surface area contributed by atoms with E-state index in [-0.39, 0.29) is 25.3 Å². The second-order valence-corrected chi connectivity index (χ2v) is 1.30. The number of carbonyl (C=O) groups is 1.